The Kier molecular flexibility index (Phi) is 6.47. The first-order chi connectivity index (χ1) is 12.8. The van der Waals surface area contributed by atoms with E-state index >= 15 is 0 Å². The Balaban J connectivity index is 2.00. The van der Waals surface area contributed by atoms with Crippen molar-refractivity contribution in [3.63, 3.8) is 0 Å². The molecule has 0 aliphatic rings. The molecule has 0 radical (unpaired) electrons. The Morgan fingerprint density at radius 2 is 1.85 bits per heavy atom. The van der Waals surface area contributed by atoms with Crippen molar-refractivity contribution in [2.24, 2.45) is 0 Å². The molecule has 0 bridgehead atoms. The van der Waals surface area contributed by atoms with Crippen LogP contribution >= 0.6 is 0 Å². The third-order valence-corrected chi connectivity index (χ3v) is 3.50. The fourth-order valence-corrected chi connectivity index (χ4v) is 2.24. The van der Waals surface area contributed by atoms with E-state index in [0.717, 1.165) is 16.7 Å². The largest absolute Gasteiger partial charge is 0.482 e. The average Bonchev–Trinajstić information content (AvgIpc) is 2.62. The number of anilines is 1. The molecule has 0 saturated heterocycles. The van der Waals surface area contributed by atoms with Gasteiger partial charge in [-0.2, -0.15) is 0 Å². The van der Waals surface area contributed by atoms with Gasteiger partial charge < -0.3 is 15.2 Å². The zero-order valence-electron chi connectivity index (χ0n) is 14.5. The van der Waals surface area contributed by atoms with Gasteiger partial charge in [-0.3, -0.25) is 19.1 Å². The van der Waals surface area contributed by atoms with Gasteiger partial charge in [0.05, 0.1) is 0 Å². The predicted octanol–water partition coefficient (Wildman–Crippen LogP) is 0.473. The van der Waals surface area contributed by atoms with Gasteiger partial charge in [0.1, 0.15) is 22.9 Å². The van der Waals surface area contributed by atoms with Crippen LogP contribution in [0.15, 0.2) is 33.9 Å². The number of carbonyl (C=O) groups excluding carboxylic acids is 2. The number of carbonyl (C=O) groups is 2. The number of nitrogen functional groups attached to an aromatic ring is 1. The van der Waals surface area contributed by atoms with Gasteiger partial charge in [0.15, 0.2) is 13.2 Å². The number of nitrogens with zero attached hydrogens (tertiary/aromatic N) is 1. The smallest absolute Gasteiger partial charge is 0.344 e. The lowest BCUT2D eigenvalue weighted by atomic mass is 10.2. The highest BCUT2D eigenvalue weighted by molar-refractivity contribution is 6.01. The van der Waals surface area contributed by atoms with Crippen LogP contribution in [-0.2, 0) is 16.1 Å². The zero-order valence-corrected chi connectivity index (χ0v) is 14.5. The number of ether oxygens (including phenoxy) is 2. The number of Topliss-reactive ketones (excluding diaryl/α,β-unsaturated/α-hetero) is 1. The van der Waals surface area contributed by atoms with Crippen LogP contribution in [-0.4, -0.2) is 34.5 Å². The first kappa shape index (κ1) is 19.9. The van der Waals surface area contributed by atoms with Crippen molar-refractivity contribution in [2.45, 2.75) is 19.9 Å². The maximum Gasteiger partial charge on any atom is 0.344 e. The number of benzene rings is 1. The van der Waals surface area contributed by atoms with Crippen LogP contribution in [0.4, 0.5) is 10.2 Å². The van der Waals surface area contributed by atoms with Crippen molar-refractivity contribution in [1.82, 2.24) is 9.55 Å². The van der Waals surface area contributed by atoms with Crippen LogP contribution in [0.1, 0.15) is 23.7 Å². The third kappa shape index (κ3) is 5.03. The summed E-state index contributed by atoms with van der Waals surface area (Å²) in [6, 6.07) is 4.96. The Morgan fingerprint density at radius 1 is 1.19 bits per heavy atom. The second kappa shape index (κ2) is 8.79. The number of hydrogen-bond donors (Lipinski definition) is 2. The van der Waals surface area contributed by atoms with E-state index in [4.69, 9.17) is 15.2 Å². The second-order valence-electron chi connectivity index (χ2n) is 5.50. The third-order valence-electron chi connectivity index (χ3n) is 3.50. The summed E-state index contributed by atoms with van der Waals surface area (Å²) in [4.78, 5) is 49.5. The van der Waals surface area contributed by atoms with Gasteiger partial charge in [0.2, 0.25) is 5.78 Å². The van der Waals surface area contributed by atoms with Gasteiger partial charge in [0.25, 0.3) is 5.56 Å². The number of rotatable bonds is 8. The van der Waals surface area contributed by atoms with Crippen molar-refractivity contribution >= 4 is 17.6 Å². The second-order valence-corrected chi connectivity index (χ2v) is 5.50. The molecule has 2 aromatic rings. The molecule has 0 fully saturated rings. The molecule has 0 aliphatic heterocycles. The van der Waals surface area contributed by atoms with E-state index in [0.29, 0.717) is 6.42 Å². The van der Waals surface area contributed by atoms with Crippen LogP contribution in [0.25, 0.3) is 0 Å². The van der Waals surface area contributed by atoms with Crippen molar-refractivity contribution < 1.29 is 23.5 Å². The maximum atomic E-state index is 12.8. The quantitative estimate of drug-likeness (QED) is 0.503. The summed E-state index contributed by atoms with van der Waals surface area (Å²) in [5.74, 6) is -2.22. The number of aromatic nitrogens is 2. The van der Waals surface area contributed by atoms with Crippen molar-refractivity contribution in [2.75, 3.05) is 18.9 Å². The van der Waals surface area contributed by atoms with Crippen LogP contribution in [0.5, 0.6) is 5.75 Å². The van der Waals surface area contributed by atoms with E-state index in [1.54, 1.807) is 6.92 Å². The summed E-state index contributed by atoms with van der Waals surface area (Å²) in [6.07, 6.45) is 0.555. The van der Waals surface area contributed by atoms with Gasteiger partial charge in [-0.25, -0.2) is 14.0 Å². The molecule has 0 atom stereocenters. The molecule has 1 aromatic heterocycles. The number of nitrogens with two attached hydrogens (primary N) is 1. The number of esters is 1. The van der Waals surface area contributed by atoms with Gasteiger partial charge in [-0.05, 0) is 30.7 Å². The lowest BCUT2D eigenvalue weighted by molar-refractivity contribution is -0.144. The van der Waals surface area contributed by atoms with Gasteiger partial charge >= 0.3 is 11.7 Å². The number of aromatic amines is 1. The normalized spacial score (nSPS) is 10.4. The summed E-state index contributed by atoms with van der Waals surface area (Å²) in [6.45, 7) is 0.748. The van der Waals surface area contributed by atoms with Crippen molar-refractivity contribution in [3.05, 3.63) is 56.5 Å². The van der Waals surface area contributed by atoms with Gasteiger partial charge in [-0.1, -0.05) is 6.92 Å². The molecule has 9 nitrogen and oxygen atoms in total. The number of H-pyrrole nitrogens is 1. The predicted molar refractivity (Wildman–Crippen MR) is 93.2 cm³/mol. The maximum absolute atomic E-state index is 12.8. The fourth-order valence-electron chi connectivity index (χ4n) is 2.24. The molecule has 0 amide bonds. The highest BCUT2D eigenvalue weighted by Crippen LogP contribution is 2.11. The van der Waals surface area contributed by atoms with Gasteiger partial charge in [0, 0.05) is 6.54 Å². The highest BCUT2D eigenvalue weighted by Gasteiger charge is 2.20. The summed E-state index contributed by atoms with van der Waals surface area (Å²) >= 11 is 0. The molecule has 3 N–H and O–H groups in total. The Hall–Kier alpha value is -3.43. The monoisotopic (exact) mass is 379 g/mol. The van der Waals surface area contributed by atoms with Gasteiger partial charge in [-0.15, -0.1) is 0 Å². The van der Waals surface area contributed by atoms with E-state index in [9.17, 15) is 23.6 Å². The molecule has 1 aromatic carbocycles. The SMILES string of the molecule is CCCn1c(N)c(C(=O)COC(=O)COc2ccc(F)cc2)c(=O)[nH]c1=O. The van der Waals surface area contributed by atoms with E-state index in [1.165, 1.54) is 12.1 Å². The molecule has 144 valence electrons. The van der Waals surface area contributed by atoms with Crippen molar-refractivity contribution in [3.8, 4) is 5.75 Å². The molecule has 0 unspecified atom stereocenters. The lowest BCUT2D eigenvalue weighted by Crippen LogP contribution is -2.37. The van der Waals surface area contributed by atoms with E-state index < -0.39 is 47.6 Å². The molecule has 0 spiro atoms. The molecule has 10 heteroatoms. The number of nitrogens with one attached hydrogen (secondary N) is 1. The molecular formula is C17H18FN3O6. The van der Waals surface area contributed by atoms with Crippen molar-refractivity contribution in [1.29, 1.82) is 0 Å². The van der Waals surface area contributed by atoms with Crippen LogP contribution in [0.3, 0.4) is 0 Å². The number of ketones is 1. The summed E-state index contributed by atoms with van der Waals surface area (Å²) in [5.41, 5.74) is 3.63. The van der Waals surface area contributed by atoms with Crippen LogP contribution in [0, 0.1) is 5.82 Å². The van der Waals surface area contributed by atoms with E-state index in [2.05, 4.69) is 0 Å². The van der Waals surface area contributed by atoms with Crippen LogP contribution in [0.2, 0.25) is 0 Å². The molecular weight excluding hydrogens is 361 g/mol. The summed E-state index contributed by atoms with van der Waals surface area (Å²) in [5, 5.41) is 0. The Bertz CT molecular complexity index is 949. The minimum Gasteiger partial charge on any atom is -0.482 e. The minimum atomic E-state index is -0.950. The number of hydrogen-bond acceptors (Lipinski definition) is 7. The molecule has 0 aliphatic carbocycles. The Morgan fingerprint density at radius 3 is 2.48 bits per heavy atom. The van der Waals surface area contributed by atoms with Crippen LogP contribution < -0.4 is 21.7 Å². The standard InChI is InChI=1S/C17H18FN3O6/c1-2-7-21-15(19)14(16(24)20-17(21)25)12(22)8-27-13(23)9-26-11-5-3-10(18)4-6-11/h3-6H,2,7-9,19H2,1H3,(H,20,24,25). The minimum absolute atomic E-state index is 0.215. The molecule has 1 heterocycles. The lowest BCUT2D eigenvalue weighted by Gasteiger charge is -2.11. The Labute approximate surface area is 152 Å². The topological polar surface area (TPSA) is 133 Å². The van der Waals surface area contributed by atoms with E-state index in [-0.39, 0.29) is 18.1 Å². The first-order valence-corrected chi connectivity index (χ1v) is 8.03. The molecule has 0 saturated carbocycles. The first-order valence-electron chi connectivity index (χ1n) is 8.03. The highest BCUT2D eigenvalue weighted by atomic mass is 19.1. The molecule has 2 rings (SSSR count). The van der Waals surface area contributed by atoms with E-state index in [1.807, 2.05) is 4.98 Å². The summed E-state index contributed by atoms with van der Waals surface area (Å²) < 4.78 is 23.7. The average molecular weight is 379 g/mol. The fraction of sp³-hybridized carbons (Fsp3) is 0.294. The zero-order chi connectivity index (χ0) is 20.0. The molecule has 27 heavy (non-hydrogen) atoms. The summed E-state index contributed by atoms with van der Waals surface area (Å²) in [7, 11) is 0. The number of halogens is 1.